The number of nitrogens with zero attached hydrogens (tertiary/aromatic N) is 3. The van der Waals surface area contributed by atoms with Crippen LogP contribution in [0.25, 0.3) is 4.96 Å². The lowest BCUT2D eigenvalue weighted by molar-refractivity contribution is -0.194. The van der Waals surface area contributed by atoms with Crippen LogP contribution >= 0.6 is 11.3 Å². The second-order valence-corrected chi connectivity index (χ2v) is 7.63. The molecule has 0 N–H and O–H groups in total. The van der Waals surface area contributed by atoms with Gasteiger partial charge < -0.3 is 14.4 Å². The Balaban J connectivity index is 1.32. The highest BCUT2D eigenvalue weighted by atomic mass is 32.1. The number of carbonyl (C=O) groups is 1. The van der Waals surface area contributed by atoms with Gasteiger partial charge in [-0.1, -0.05) is 0 Å². The zero-order chi connectivity index (χ0) is 16.7. The highest BCUT2D eigenvalue weighted by molar-refractivity contribution is 7.15. The molecule has 2 aromatic rings. The number of ether oxygens (including phenoxy) is 2. The second kappa shape index (κ2) is 6.13. The Bertz CT molecular complexity index is 745. The number of aryl methyl sites for hydroxylation is 2. The van der Waals surface area contributed by atoms with E-state index in [0.717, 1.165) is 48.7 Å². The topological polar surface area (TPSA) is 56.1 Å². The maximum Gasteiger partial charge on any atom is 0.222 e. The van der Waals surface area contributed by atoms with Gasteiger partial charge in [-0.15, -0.1) is 11.3 Å². The van der Waals surface area contributed by atoms with Crippen LogP contribution in [0.3, 0.4) is 0 Å². The van der Waals surface area contributed by atoms with Crippen LogP contribution in [0.2, 0.25) is 0 Å². The Morgan fingerprint density at radius 2 is 2.25 bits per heavy atom. The standard InChI is InChI=1S/C17H23N3O3S/c1-12-9-20-14(11-24-16(20)18-12)3-4-15(21)19-7-5-17(6-8-19)22-10-13(2)23-17/h9,11,13H,3-8,10H2,1-2H3/t13-/m1/s1. The molecule has 1 atom stereocenters. The van der Waals surface area contributed by atoms with Crippen molar-refractivity contribution in [2.45, 2.75) is 51.4 Å². The van der Waals surface area contributed by atoms with E-state index < -0.39 is 5.79 Å². The Morgan fingerprint density at radius 1 is 1.46 bits per heavy atom. The highest BCUT2D eigenvalue weighted by Gasteiger charge is 2.43. The largest absolute Gasteiger partial charge is 0.347 e. The third kappa shape index (κ3) is 2.96. The zero-order valence-electron chi connectivity index (χ0n) is 14.2. The van der Waals surface area contributed by atoms with Crippen LogP contribution < -0.4 is 0 Å². The maximum absolute atomic E-state index is 12.5. The first-order valence-corrected chi connectivity index (χ1v) is 9.44. The van der Waals surface area contributed by atoms with Gasteiger partial charge in [0.1, 0.15) is 0 Å². The molecule has 2 aliphatic heterocycles. The van der Waals surface area contributed by atoms with E-state index in [4.69, 9.17) is 9.47 Å². The molecular weight excluding hydrogens is 326 g/mol. The van der Waals surface area contributed by atoms with Crippen molar-refractivity contribution >= 4 is 22.2 Å². The van der Waals surface area contributed by atoms with Gasteiger partial charge in [-0.05, 0) is 20.3 Å². The molecular formula is C17H23N3O3S. The lowest BCUT2D eigenvalue weighted by Gasteiger charge is -2.37. The van der Waals surface area contributed by atoms with Gasteiger partial charge in [0.05, 0.1) is 18.4 Å². The number of piperidine rings is 1. The molecule has 130 valence electrons. The van der Waals surface area contributed by atoms with E-state index in [1.165, 1.54) is 0 Å². The first-order valence-electron chi connectivity index (χ1n) is 8.56. The Kier molecular flexibility index (Phi) is 4.10. The molecule has 0 aromatic carbocycles. The molecule has 0 unspecified atom stereocenters. The van der Waals surface area contributed by atoms with E-state index >= 15 is 0 Å². The molecule has 2 fully saturated rings. The second-order valence-electron chi connectivity index (χ2n) is 6.79. The Morgan fingerprint density at radius 3 is 2.96 bits per heavy atom. The normalized spacial score (nSPS) is 23.4. The van der Waals surface area contributed by atoms with Gasteiger partial charge in [0.25, 0.3) is 0 Å². The van der Waals surface area contributed by atoms with Crippen LogP contribution in [0.1, 0.15) is 37.6 Å². The van der Waals surface area contributed by atoms with E-state index in [2.05, 4.69) is 14.8 Å². The highest BCUT2D eigenvalue weighted by Crippen LogP contribution is 2.34. The summed E-state index contributed by atoms with van der Waals surface area (Å²) in [7, 11) is 0. The molecule has 24 heavy (non-hydrogen) atoms. The summed E-state index contributed by atoms with van der Waals surface area (Å²) >= 11 is 1.63. The average molecular weight is 349 g/mol. The minimum atomic E-state index is -0.440. The molecule has 4 heterocycles. The molecule has 0 aliphatic carbocycles. The SMILES string of the molecule is Cc1cn2c(CCC(=O)N3CCC4(CC3)OC[C@@H](C)O4)csc2n1. The van der Waals surface area contributed by atoms with Crippen molar-refractivity contribution in [2.24, 2.45) is 0 Å². The predicted octanol–water partition coefficient (Wildman–Crippen LogP) is 2.39. The zero-order valence-corrected chi connectivity index (χ0v) is 15.0. The first-order chi connectivity index (χ1) is 11.5. The number of rotatable bonds is 3. The van der Waals surface area contributed by atoms with Crippen LogP contribution in [0.15, 0.2) is 11.6 Å². The number of hydrogen-bond acceptors (Lipinski definition) is 5. The van der Waals surface area contributed by atoms with Gasteiger partial charge in [-0.3, -0.25) is 9.20 Å². The summed E-state index contributed by atoms with van der Waals surface area (Å²) in [4.78, 5) is 19.9. The number of fused-ring (bicyclic) bond motifs is 1. The number of carbonyl (C=O) groups excluding carboxylic acids is 1. The van der Waals surface area contributed by atoms with Gasteiger partial charge in [-0.25, -0.2) is 4.98 Å². The summed E-state index contributed by atoms with van der Waals surface area (Å²) in [5, 5.41) is 2.10. The van der Waals surface area contributed by atoms with Crippen molar-refractivity contribution < 1.29 is 14.3 Å². The fourth-order valence-corrected chi connectivity index (χ4v) is 4.53. The van der Waals surface area contributed by atoms with Crippen LogP contribution in [-0.4, -0.2) is 51.8 Å². The number of hydrogen-bond donors (Lipinski definition) is 0. The number of likely N-dealkylation sites (tertiary alicyclic amines) is 1. The van der Waals surface area contributed by atoms with Crippen LogP contribution in [-0.2, 0) is 20.7 Å². The van der Waals surface area contributed by atoms with Gasteiger partial charge in [0.2, 0.25) is 5.91 Å². The maximum atomic E-state index is 12.5. The molecule has 2 aliphatic rings. The van der Waals surface area contributed by atoms with E-state index in [-0.39, 0.29) is 12.0 Å². The number of aromatic nitrogens is 2. The molecule has 1 spiro atoms. The van der Waals surface area contributed by atoms with Gasteiger partial charge in [-0.2, -0.15) is 0 Å². The molecule has 1 amide bonds. The lowest BCUT2D eigenvalue weighted by Crippen LogP contribution is -2.47. The van der Waals surface area contributed by atoms with E-state index in [9.17, 15) is 4.79 Å². The van der Waals surface area contributed by atoms with Crippen molar-refractivity contribution in [3.05, 3.63) is 23.0 Å². The Hall–Kier alpha value is -1.44. The summed E-state index contributed by atoms with van der Waals surface area (Å²) in [6, 6.07) is 0. The van der Waals surface area contributed by atoms with Crippen LogP contribution in [0.4, 0.5) is 0 Å². The fraction of sp³-hybridized carbons (Fsp3) is 0.647. The molecule has 2 saturated heterocycles. The lowest BCUT2D eigenvalue weighted by atomic mass is 10.0. The third-order valence-corrected chi connectivity index (χ3v) is 5.76. The van der Waals surface area contributed by atoms with E-state index in [1.807, 2.05) is 24.9 Å². The minimum absolute atomic E-state index is 0.159. The summed E-state index contributed by atoms with van der Waals surface area (Å²) < 4.78 is 13.8. The summed E-state index contributed by atoms with van der Waals surface area (Å²) in [6.07, 6.45) is 5.02. The quantitative estimate of drug-likeness (QED) is 0.854. The fourth-order valence-electron chi connectivity index (χ4n) is 3.58. The first kappa shape index (κ1) is 16.1. The predicted molar refractivity (Wildman–Crippen MR) is 91.2 cm³/mol. The summed E-state index contributed by atoms with van der Waals surface area (Å²) in [5.74, 6) is -0.226. The van der Waals surface area contributed by atoms with Crippen molar-refractivity contribution in [3.63, 3.8) is 0 Å². The van der Waals surface area contributed by atoms with E-state index in [0.29, 0.717) is 13.0 Å². The molecule has 0 saturated carbocycles. The summed E-state index contributed by atoms with van der Waals surface area (Å²) in [6.45, 7) is 6.12. The average Bonchev–Trinajstić information content (AvgIpc) is 3.21. The minimum Gasteiger partial charge on any atom is -0.347 e. The number of imidazole rings is 1. The molecule has 4 rings (SSSR count). The molecule has 6 nitrogen and oxygen atoms in total. The van der Waals surface area contributed by atoms with Crippen molar-refractivity contribution in [1.29, 1.82) is 0 Å². The summed E-state index contributed by atoms with van der Waals surface area (Å²) in [5.41, 5.74) is 2.18. The van der Waals surface area contributed by atoms with Gasteiger partial charge in [0.15, 0.2) is 10.7 Å². The van der Waals surface area contributed by atoms with Crippen LogP contribution in [0, 0.1) is 6.92 Å². The molecule has 2 aromatic heterocycles. The number of thiazole rings is 1. The van der Waals surface area contributed by atoms with Crippen molar-refractivity contribution in [2.75, 3.05) is 19.7 Å². The third-order valence-electron chi connectivity index (χ3n) is 4.87. The monoisotopic (exact) mass is 349 g/mol. The van der Waals surface area contributed by atoms with E-state index in [1.54, 1.807) is 11.3 Å². The van der Waals surface area contributed by atoms with Crippen molar-refractivity contribution in [1.82, 2.24) is 14.3 Å². The molecule has 0 bridgehead atoms. The van der Waals surface area contributed by atoms with Gasteiger partial charge >= 0.3 is 0 Å². The van der Waals surface area contributed by atoms with Crippen LogP contribution in [0.5, 0.6) is 0 Å². The molecule has 0 radical (unpaired) electrons. The smallest absolute Gasteiger partial charge is 0.222 e. The number of amides is 1. The Labute approximate surface area is 145 Å². The molecule has 7 heteroatoms. The van der Waals surface area contributed by atoms with Crippen molar-refractivity contribution in [3.8, 4) is 0 Å². The van der Waals surface area contributed by atoms with Gasteiger partial charge in [0, 0.05) is 49.6 Å².